The molecule has 8 nitrogen and oxygen atoms in total. The number of thiazole rings is 1. The molecule has 0 aliphatic heterocycles. The highest BCUT2D eigenvalue weighted by Gasteiger charge is 2.24. The number of fused-ring (bicyclic) bond motifs is 1. The number of carbonyl (C=O) groups is 3. The first-order valence-electron chi connectivity index (χ1n) is 7.57. The number of aromatic nitrogens is 1. The van der Waals surface area contributed by atoms with Gasteiger partial charge in [-0.05, 0) is 18.2 Å². The number of nitrogens with one attached hydrogen (secondary N) is 1. The van der Waals surface area contributed by atoms with Crippen molar-refractivity contribution in [3.8, 4) is 0 Å². The Morgan fingerprint density at radius 1 is 1.07 bits per heavy atom. The monoisotopic (exact) mass is 403 g/mol. The summed E-state index contributed by atoms with van der Waals surface area (Å²) in [6, 6.07) is 11.8. The van der Waals surface area contributed by atoms with Crippen LogP contribution in [0.3, 0.4) is 0 Å². The molecule has 0 fully saturated rings. The number of hydrogen-bond donors (Lipinski definition) is 2. The molecule has 1 aromatic heterocycles. The Labute approximate surface area is 157 Å². The number of rotatable bonds is 5. The molecule has 0 spiro atoms. The summed E-state index contributed by atoms with van der Waals surface area (Å²) < 4.78 is 24.0. The highest BCUT2D eigenvalue weighted by atomic mass is 32.2. The normalized spacial score (nSPS) is 11.4. The molecule has 138 valence electrons. The molecule has 27 heavy (non-hydrogen) atoms. The molecule has 3 aromatic rings. The fourth-order valence-corrected chi connectivity index (χ4v) is 4.02. The average molecular weight is 403 g/mol. The van der Waals surface area contributed by atoms with Crippen molar-refractivity contribution in [3.63, 3.8) is 0 Å². The summed E-state index contributed by atoms with van der Waals surface area (Å²) in [4.78, 5) is 36.5. The molecule has 3 N–H and O–H groups in total. The van der Waals surface area contributed by atoms with Crippen LogP contribution in [0.4, 0.5) is 0 Å². The topological polar surface area (TPSA) is 140 Å². The molecule has 0 unspecified atom stereocenters. The Morgan fingerprint density at radius 3 is 2.37 bits per heavy atom. The third-order valence-corrected chi connectivity index (χ3v) is 5.60. The molecular formula is C17H13N3O5S2. The number of ketones is 2. The van der Waals surface area contributed by atoms with E-state index in [4.69, 9.17) is 10.5 Å². The fourth-order valence-electron chi connectivity index (χ4n) is 2.47. The van der Waals surface area contributed by atoms with Crippen molar-refractivity contribution in [1.82, 2.24) is 4.57 Å². The molecule has 0 aliphatic carbocycles. The van der Waals surface area contributed by atoms with E-state index in [9.17, 15) is 22.8 Å². The molecular weight excluding hydrogens is 390 g/mol. The van der Waals surface area contributed by atoms with Gasteiger partial charge in [0.15, 0.2) is 10.6 Å². The van der Waals surface area contributed by atoms with E-state index in [1.54, 1.807) is 18.2 Å². The lowest BCUT2D eigenvalue weighted by molar-refractivity contribution is -0.114. The smallest absolute Gasteiger partial charge is 0.294 e. The predicted octanol–water partition coefficient (Wildman–Crippen LogP) is 1.31. The van der Waals surface area contributed by atoms with Crippen LogP contribution in [0.1, 0.15) is 21.6 Å². The largest absolute Gasteiger partial charge is 0.301 e. The Hall–Kier alpha value is -2.95. The second-order valence-corrected chi connectivity index (χ2v) is 8.20. The van der Waals surface area contributed by atoms with Crippen LogP contribution in [0.2, 0.25) is 0 Å². The van der Waals surface area contributed by atoms with Crippen molar-refractivity contribution < 1.29 is 22.8 Å². The van der Waals surface area contributed by atoms with Crippen molar-refractivity contribution in [3.05, 3.63) is 58.9 Å². The van der Waals surface area contributed by atoms with Crippen LogP contribution in [0.15, 0.2) is 53.4 Å². The van der Waals surface area contributed by atoms with Gasteiger partial charge in [0, 0.05) is 5.56 Å². The molecule has 0 aliphatic rings. The SMILES string of the molecule is N=c1sc2cc(S(N)(=O)=O)ccc2n1C(=O)C(=O)CC(=O)c1ccccc1. The Kier molecular flexibility index (Phi) is 4.87. The molecule has 0 atom stereocenters. The van der Waals surface area contributed by atoms with Crippen LogP contribution in [-0.4, -0.2) is 30.5 Å². The summed E-state index contributed by atoms with van der Waals surface area (Å²) in [7, 11) is -3.94. The van der Waals surface area contributed by atoms with E-state index >= 15 is 0 Å². The van der Waals surface area contributed by atoms with Gasteiger partial charge in [-0.2, -0.15) is 0 Å². The van der Waals surface area contributed by atoms with Crippen molar-refractivity contribution in [2.24, 2.45) is 5.14 Å². The molecule has 1 heterocycles. The van der Waals surface area contributed by atoms with E-state index in [2.05, 4.69) is 0 Å². The average Bonchev–Trinajstić information content (AvgIpc) is 2.95. The number of hydrogen-bond acceptors (Lipinski definition) is 7. The zero-order chi connectivity index (χ0) is 19.8. The first-order chi connectivity index (χ1) is 12.7. The third kappa shape index (κ3) is 3.77. The van der Waals surface area contributed by atoms with Gasteiger partial charge in [0.1, 0.15) is 0 Å². The van der Waals surface area contributed by atoms with Gasteiger partial charge < -0.3 is 0 Å². The Bertz CT molecular complexity index is 1240. The minimum absolute atomic E-state index is 0.165. The number of benzene rings is 2. The van der Waals surface area contributed by atoms with Crippen LogP contribution < -0.4 is 9.94 Å². The molecule has 0 radical (unpaired) electrons. The van der Waals surface area contributed by atoms with Gasteiger partial charge in [0.05, 0.1) is 21.5 Å². The molecule has 0 bridgehead atoms. The Balaban J connectivity index is 1.93. The van der Waals surface area contributed by atoms with Gasteiger partial charge in [0.2, 0.25) is 15.8 Å². The number of Topliss-reactive ketones (excluding diaryl/α,β-unsaturated/α-hetero) is 2. The summed E-state index contributed by atoms with van der Waals surface area (Å²) >= 11 is 0.822. The number of nitrogens with zero attached hydrogens (tertiary/aromatic N) is 1. The first-order valence-corrected chi connectivity index (χ1v) is 9.93. The van der Waals surface area contributed by atoms with Crippen LogP contribution in [0, 0.1) is 5.41 Å². The maximum atomic E-state index is 12.5. The van der Waals surface area contributed by atoms with Gasteiger partial charge in [0.25, 0.3) is 0 Å². The lowest BCUT2D eigenvalue weighted by Gasteiger charge is -2.04. The van der Waals surface area contributed by atoms with E-state index in [1.807, 2.05) is 0 Å². The van der Waals surface area contributed by atoms with Gasteiger partial charge in [-0.25, -0.2) is 18.1 Å². The minimum Gasteiger partial charge on any atom is -0.294 e. The van der Waals surface area contributed by atoms with Gasteiger partial charge >= 0.3 is 5.91 Å². The lowest BCUT2D eigenvalue weighted by Crippen LogP contribution is -2.30. The van der Waals surface area contributed by atoms with Crippen molar-refractivity contribution in [2.45, 2.75) is 11.3 Å². The van der Waals surface area contributed by atoms with Crippen LogP contribution in [-0.2, 0) is 14.8 Å². The third-order valence-electron chi connectivity index (χ3n) is 3.77. The molecule has 0 amide bonds. The second kappa shape index (κ2) is 6.99. The maximum absolute atomic E-state index is 12.5. The highest BCUT2D eigenvalue weighted by molar-refractivity contribution is 7.89. The van der Waals surface area contributed by atoms with Crippen LogP contribution in [0.5, 0.6) is 0 Å². The van der Waals surface area contributed by atoms with E-state index in [0.717, 1.165) is 15.9 Å². The van der Waals surface area contributed by atoms with Gasteiger partial charge in [-0.1, -0.05) is 41.7 Å². The van der Waals surface area contributed by atoms with Crippen LogP contribution in [0.25, 0.3) is 10.2 Å². The second-order valence-electron chi connectivity index (χ2n) is 5.61. The molecule has 10 heteroatoms. The minimum atomic E-state index is -3.94. The summed E-state index contributed by atoms with van der Waals surface area (Å²) in [5.74, 6) is -2.49. The number of nitrogens with two attached hydrogens (primary N) is 1. The number of primary sulfonamides is 1. The summed E-state index contributed by atoms with van der Waals surface area (Å²) in [5, 5.41) is 13.0. The fraction of sp³-hybridized carbons (Fsp3) is 0.0588. The van der Waals surface area contributed by atoms with E-state index in [0.29, 0.717) is 10.3 Å². The quantitative estimate of drug-likeness (QED) is 0.375. The van der Waals surface area contributed by atoms with E-state index in [1.165, 1.54) is 30.3 Å². The molecule has 2 aromatic carbocycles. The molecule has 3 rings (SSSR count). The lowest BCUT2D eigenvalue weighted by atomic mass is 10.1. The summed E-state index contributed by atoms with van der Waals surface area (Å²) in [6.45, 7) is 0. The standard InChI is InChI=1S/C17H13N3O5S2/c18-17-20(12-7-6-11(27(19,24)25)8-15(12)26-17)16(23)14(22)9-13(21)10-4-2-1-3-5-10/h1-8,18H,9H2,(H2,19,24,25). The maximum Gasteiger partial charge on any atom is 0.301 e. The zero-order valence-electron chi connectivity index (χ0n) is 13.7. The number of carbonyl (C=O) groups excluding carboxylic acids is 3. The van der Waals surface area contributed by atoms with Crippen molar-refractivity contribution in [1.29, 1.82) is 5.41 Å². The van der Waals surface area contributed by atoms with Gasteiger partial charge in [-0.15, -0.1) is 0 Å². The van der Waals surface area contributed by atoms with E-state index in [-0.39, 0.29) is 15.2 Å². The molecule has 0 saturated heterocycles. The summed E-state index contributed by atoms with van der Waals surface area (Å²) in [5.41, 5.74) is 0.505. The van der Waals surface area contributed by atoms with Gasteiger partial charge in [-0.3, -0.25) is 19.8 Å². The van der Waals surface area contributed by atoms with Crippen LogP contribution >= 0.6 is 11.3 Å². The Morgan fingerprint density at radius 2 is 1.74 bits per heavy atom. The highest BCUT2D eigenvalue weighted by Crippen LogP contribution is 2.21. The van der Waals surface area contributed by atoms with E-state index < -0.39 is 33.9 Å². The van der Waals surface area contributed by atoms with Crippen molar-refractivity contribution in [2.75, 3.05) is 0 Å². The zero-order valence-corrected chi connectivity index (χ0v) is 15.3. The molecule has 0 saturated carbocycles. The first kappa shape index (κ1) is 18.8. The van der Waals surface area contributed by atoms with Crippen molar-refractivity contribution >= 4 is 49.1 Å². The number of sulfonamides is 1. The predicted molar refractivity (Wildman–Crippen MR) is 98.1 cm³/mol. The summed E-state index contributed by atoms with van der Waals surface area (Å²) in [6.07, 6.45) is -0.623.